The van der Waals surface area contributed by atoms with Gasteiger partial charge >= 0.3 is 0 Å². The van der Waals surface area contributed by atoms with Crippen LogP contribution < -0.4 is 10.2 Å². The summed E-state index contributed by atoms with van der Waals surface area (Å²) in [5.74, 6) is -0.171. The second-order valence-corrected chi connectivity index (χ2v) is 6.37. The topological polar surface area (TPSA) is 15.3 Å². The highest BCUT2D eigenvalue weighted by Gasteiger charge is 2.13. The molecule has 0 aliphatic heterocycles. The summed E-state index contributed by atoms with van der Waals surface area (Å²) in [4.78, 5) is 3.51. The van der Waals surface area contributed by atoms with Crippen LogP contribution in [0.15, 0.2) is 35.7 Å². The van der Waals surface area contributed by atoms with E-state index in [1.165, 1.54) is 4.88 Å². The molecule has 0 radical (unpaired) electrons. The number of rotatable bonds is 7. The summed E-state index contributed by atoms with van der Waals surface area (Å²) in [7, 11) is 2.03. The van der Waals surface area contributed by atoms with E-state index in [4.69, 9.17) is 0 Å². The number of halogens is 1. The molecule has 0 saturated heterocycles. The number of benzene rings is 1. The molecular formula is C17H23FN2S. The molecule has 0 saturated carbocycles. The fourth-order valence-electron chi connectivity index (χ4n) is 2.32. The molecule has 2 aromatic rings. The molecule has 0 fully saturated rings. The molecule has 114 valence electrons. The number of likely N-dealkylation sites (N-methyl/N-ethyl adjacent to an activating group) is 1. The van der Waals surface area contributed by atoms with Crippen molar-refractivity contribution < 1.29 is 4.39 Å². The number of thiophene rings is 1. The molecule has 2 nitrogen and oxygen atoms in total. The van der Waals surface area contributed by atoms with Gasteiger partial charge in [-0.05, 0) is 48.7 Å². The first-order chi connectivity index (χ1) is 10.1. The van der Waals surface area contributed by atoms with E-state index in [2.05, 4.69) is 47.6 Å². The van der Waals surface area contributed by atoms with Crippen molar-refractivity contribution in [2.45, 2.75) is 32.9 Å². The molecule has 0 aliphatic rings. The zero-order valence-electron chi connectivity index (χ0n) is 12.9. The minimum Gasteiger partial charge on any atom is -0.371 e. The van der Waals surface area contributed by atoms with E-state index in [1.807, 2.05) is 7.05 Å². The smallest absolute Gasteiger partial charge is 0.125 e. The van der Waals surface area contributed by atoms with Gasteiger partial charge in [0.25, 0.3) is 0 Å². The van der Waals surface area contributed by atoms with Crippen molar-refractivity contribution >= 4 is 17.0 Å². The van der Waals surface area contributed by atoms with Crippen LogP contribution >= 0.6 is 11.3 Å². The van der Waals surface area contributed by atoms with Gasteiger partial charge in [-0.3, -0.25) is 0 Å². The van der Waals surface area contributed by atoms with Gasteiger partial charge in [0, 0.05) is 36.6 Å². The summed E-state index contributed by atoms with van der Waals surface area (Å²) in [6.07, 6.45) is 0.979. The highest BCUT2D eigenvalue weighted by Crippen LogP contribution is 2.22. The van der Waals surface area contributed by atoms with Gasteiger partial charge in [0.1, 0.15) is 5.82 Å². The van der Waals surface area contributed by atoms with E-state index in [-0.39, 0.29) is 5.82 Å². The van der Waals surface area contributed by atoms with Gasteiger partial charge in [0.05, 0.1) is 0 Å². The summed E-state index contributed by atoms with van der Waals surface area (Å²) in [6.45, 7) is 5.81. The SMILES string of the molecule is CCNCc1cc(F)cc(N(C)C(C)Cc2cccs2)c1. The standard InChI is InChI=1S/C17H23FN2S/c1-4-19-12-14-9-15(18)11-16(10-14)20(3)13(2)8-17-6-5-7-21-17/h5-7,9-11,13,19H,4,8,12H2,1-3H3. The Labute approximate surface area is 130 Å². The number of nitrogens with zero attached hydrogens (tertiary/aromatic N) is 1. The zero-order chi connectivity index (χ0) is 15.2. The molecule has 0 amide bonds. The fourth-order valence-corrected chi connectivity index (χ4v) is 3.15. The lowest BCUT2D eigenvalue weighted by atomic mass is 10.1. The molecular weight excluding hydrogens is 283 g/mol. The molecule has 21 heavy (non-hydrogen) atoms. The molecule has 0 aliphatic carbocycles. The van der Waals surface area contributed by atoms with Gasteiger partial charge in [-0.25, -0.2) is 4.39 Å². The Morgan fingerprint density at radius 2 is 2.14 bits per heavy atom. The second-order valence-electron chi connectivity index (χ2n) is 5.34. The molecule has 1 aromatic heterocycles. The van der Waals surface area contributed by atoms with Crippen LogP contribution in [-0.2, 0) is 13.0 Å². The summed E-state index contributed by atoms with van der Waals surface area (Å²) in [5.41, 5.74) is 1.92. The van der Waals surface area contributed by atoms with Gasteiger partial charge in [-0.1, -0.05) is 13.0 Å². The average molecular weight is 306 g/mol. The number of nitrogens with one attached hydrogen (secondary N) is 1. The van der Waals surface area contributed by atoms with Crippen LogP contribution in [-0.4, -0.2) is 19.6 Å². The highest BCUT2D eigenvalue weighted by atomic mass is 32.1. The first-order valence-corrected chi connectivity index (χ1v) is 8.23. The van der Waals surface area contributed by atoms with Crippen molar-refractivity contribution in [1.82, 2.24) is 5.32 Å². The van der Waals surface area contributed by atoms with Crippen LogP contribution in [0.3, 0.4) is 0 Å². The van der Waals surface area contributed by atoms with Crippen molar-refractivity contribution in [3.8, 4) is 0 Å². The van der Waals surface area contributed by atoms with Crippen molar-refractivity contribution in [2.24, 2.45) is 0 Å². The van der Waals surface area contributed by atoms with Crippen LogP contribution in [0.25, 0.3) is 0 Å². The first-order valence-electron chi connectivity index (χ1n) is 7.35. The Hall–Kier alpha value is -1.39. The molecule has 0 bridgehead atoms. The second kappa shape index (κ2) is 7.57. The maximum absolute atomic E-state index is 13.8. The monoisotopic (exact) mass is 306 g/mol. The van der Waals surface area contributed by atoms with Gasteiger partial charge < -0.3 is 10.2 Å². The highest BCUT2D eigenvalue weighted by molar-refractivity contribution is 7.09. The Bertz CT molecular complexity index is 554. The molecule has 1 heterocycles. The average Bonchev–Trinajstić information content (AvgIpc) is 2.96. The summed E-state index contributed by atoms with van der Waals surface area (Å²) >= 11 is 1.77. The normalized spacial score (nSPS) is 12.4. The quantitative estimate of drug-likeness (QED) is 0.829. The minimum absolute atomic E-state index is 0.171. The van der Waals surface area contributed by atoms with Crippen molar-refractivity contribution in [3.63, 3.8) is 0 Å². The Kier molecular flexibility index (Phi) is 5.76. The lowest BCUT2D eigenvalue weighted by Crippen LogP contribution is -2.30. The lowest BCUT2D eigenvalue weighted by Gasteiger charge is -2.27. The zero-order valence-corrected chi connectivity index (χ0v) is 13.7. The number of anilines is 1. The third-order valence-corrected chi connectivity index (χ3v) is 4.57. The molecule has 1 unspecified atom stereocenters. The molecule has 1 aromatic carbocycles. The molecule has 1 N–H and O–H groups in total. The fraction of sp³-hybridized carbons (Fsp3) is 0.412. The van der Waals surface area contributed by atoms with Crippen molar-refractivity contribution in [1.29, 1.82) is 0 Å². The van der Waals surface area contributed by atoms with E-state index in [0.717, 1.165) is 24.2 Å². The summed E-state index contributed by atoms with van der Waals surface area (Å²) < 4.78 is 13.8. The number of hydrogen-bond acceptors (Lipinski definition) is 3. The summed E-state index contributed by atoms with van der Waals surface area (Å²) in [5, 5.41) is 5.34. The molecule has 4 heteroatoms. The predicted octanol–water partition coefficient (Wildman–Crippen LogP) is 4.06. The van der Waals surface area contributed by atoms with Crippen LogP contribution in [0.4, 0.5) is 10.1 Å². The van der Waals surface area contributed by atoms with Crippen LogP contribution in [0.1, 0.15) is 24.3 Å². The molecule has 1 atom stereocenters. The minimum atomic E-state index is -0.171. The number of hydrogen-bond donors (Lipinski definition) is 1. The Balaban J connectivity index is 2.10. The lowest BCUT2D eigenvalue weighted by molar-refractivity contribution is 0.617. The Morgan fingerprint density at radius 1 is 1.33 bits per heavy atom. The van der Waals surface area contributed by atoms with Crippen molar-refractivity contribution in [3.05, 3.63) is 52.0 Å². The van der Waals surface area contributed by atoms with Crippen molar-refractivity contribution in [2.75, 3.05) is 18.5 Å². The van der Waals surface area contributed by atoms with Crippen LogP contribution in [0.2, 0.25) is 0 Å². The maximum Gasteiger partial charge on any atom is 0.125 e. The predicted molar refractivity (Wildman–Crippen MR) is 89.7 cm³/mol. The van der Waals surface area contributed by atoms with Crippen LogP contribution in [0.5, 0.6) is 0 Å². The van der Waals surface area contributed by atoms with Crippen LogP contribution in [0, 0.1) is 5.82 Å². The third kappa shape index (κ3) is 4.55. The van der Waals surface area contributed by atoms with E-state index in [0.29, 0.717) is 12.6 Å². The first kappa shape index (κ1) is 16.0. The molecule has 0 spiro atoms. The van der Waals surface area contributed by atoms with Gasteiger partial charge in [-0.15, -0.1) is 11.3 Å². The molecule has 2 rings (SSSR count). The van der Waals surface area contributed by atoms with E-state index >= 15 is 0 Å². The van der Waals surface area contributed by atoms with Gasteiger partial charge in [0.15, 0.2) is 0 Å². The van der Waals surface area contributed by atoms with Gasteiger partial charge in [0.2, 0.25) is 0 Å². The third-order valence-electron chi connectivity index (χ3n) is 3.67. The van der Waals surface area contributed by atoms with E-state index < -0.39 is 0 Å². The Morgan fingerprint density at radius 3 is 2.81 bits per heavy atom. The maximum atomic E-state index is 13.8. The largest absolute Gasteiger partial charge is 0.371 e. The van der Waals surface area contributed by atoms with E-state index in [9.17, 15) is 4.39 Å². The van der Waals surface area contributed by atoms with Gasteiger partial charge in [-0.2, -0.15) is 0 Å². The summed E-state index contributed by atoms with van der Waals surface area (Å²) in [6, 6.07) is 9.83. The van der Waals surface area contributed by atoms with E-state index in [1.54, 1.807) is 23.5 Å².